The molecule has 1 saturated heterocycles. The van der Waals surface area contributed by atoms with Gasteiger partial charge < -0.3 is 10.6 Å². The third-order valence-corrected chi connectivity index (χ3v) is 3.43. The van der Waals surface area contributed by atoms with E-state index in [0.29, 0.717) is 4.90 Å². The molecular formula is C15H13F2N3O3. The third kappa shape index (κ3) is 2.99. The summed E-state index contributed by atoms with van der Waals surface area (Å²) in [7, 11) is 0. The van der Waals surface area contributed by atoms with E-state index >= 15 is 0 Å². The molecule has 1 fully saturated rings. The van der Waals surface area contributed by atoms with Crippen LogP contribution < -0.4 is 10.6 Å². The Balaban J connectivity index is 2.28. The molecule has 120 valence electrons. The van der Waals surface area contributed by atoms with E-state index in [0.717, 1.165) is 18.2 Å². The second-order valence-electron chi connectivity index (χ2n) is 5.05. The van der Waals surface area contributed by atoms with Crippen molar-refractivity contribution in [1.82, 2.24) is 15.5 Å². The summed E-state index contributed by atoms with van der Waals surface area (Å²) in [5.41, 5.74) is -2.11. The molecular weight excluding hydrogens is 308 g/mol. The van der Waals surface area contributed by atoms with E-state index in [1.54, 1.807) is 0 Å². The maximum atomic E-state index is 13.9. The Morgan fingerprint density at radius 3 is 2.78 bits per heavy atom. The van der Waals surface area contributed by atoms with Crippen molar-refractivity contribution in [2.45, 2.75) is 12.5 Å². The molecule has 1 heterocycles. The van der Waals surface area contributed by atoms with E-state index in [-0.39, 0.29) is 12.1 Å². The Labute approximate surface area is 130 Å². The number of halogens is 2. The number of nitrogens with zero attached hydrogens (tertiary/aromatic N) is 1. The van der Waals surface area contributed by atoms with E-state index in [2.05, 4.69) is 16.6 Å². The summed E-state index contributed by atoms with van der Waals surface area (Å²) in [6.45, 7) is 0.613. The molecule has 1 unspecified atom stereocenters. The number of amides is 4. The molecule has 8 heteroatoms. The van der Waals surface area contributed by atoms with Crippen LogP contribution in [0.25, 0.3) is 0 Å². The summed E-state index contributed by atoms with van der Waals surface area (Å²) in [6.07, 6.45) is 4.99. The number of terminal acetylenes is 1. The number of benzene rings is 1. The second-order valence-corrected chi connectivity index (χ2v) is 5.05. The standard InChI is InChI=1S/C15H13F2N3O3/c1-3-6-18-12(21)8-20-13(22)15(2,19-14(20)23)10-7-9(16)4-5-11(10)17/h1,4-5,7H,6,8H2,2H3,(H,18,21)(H,19,23). The van der Waals surface area contributed by atoms with Crippen LogP contribution in [0.2, 0.25) is 0 Å². The average molecular weight is 321 g/mol. The van der Waals surface area contributed by atoms with Crippen molar-refractivity contribution in [1.29, 1.82) is 0 Å². The molecule has 0 radical (unpaired) electrons. The number of rotatable bonds is 4. The molecule has 2 N–H and O–H groups in total. The van der Waals surface area contributed by atoms with Crippen molar-refractivity contribution in [3.63, 3.8) is 0 Å². The molecule has 0 bridgehead atoms. The van der Waals surface area contributed by atoms with Gasteiger partial charge in [0.1, 0.15) is 23.7 Å². The van der Waals surface area contributed by atoms with Crippen molar-refractivity contribution in [3.05, 3.63) is 35.4 Å². The first kappa shape index (κ1) is 16.4. The van der Waals surface area contributed by atoms with Gasteiger partial charge in [-0.2, -0.15) is 0 Å². The highest BCUT2D eigenvalue weighted by Crippen LogP contribution is 2.30. The number of urea groups is 1. The number of hydrogen-bond acceptors (Lipinski definition) is 3. The predicted octanol–water partition coefficient (Wildman–Crippen LogP) is 0.481. The topological polar surface area (TPSA) is 78.5 Å². The first-order chi connectivity index (χ1) is 10.8. The quantitative estimate of drug-likeness (QED) is 0.625. The second kappa shape index (κ2) is 6.04. The number of carbonyl (C=O) groups excluding carboxylic acids is 3. The first-order valence-electron chi connectivity index (χ1n) is 6.59. The van der Waals surface area contributed by atoms with E-state index in [1.165, 1.54) is 6.92 Å². The van der Waals surface area contributed by atoms with Gasteiger partial charge in [0.05, 0.1) is 6.54 Å². The molecule has 0 saturated carbocycles. The van der Waals surface area contributed by atoms with Crippen LogP contribution in [0.4, 0.5) is 13.6 Å². The van der Waals surface area contributed by atoms with Crippen molar-refractivity contribution in [3.8, 4) is 12.3 Å². The van der Waals surface area contributed by atoms with Crippen LogP contribution in [0.3, 0.4) is 0 Å². The van der Waals surface area contributed by atoms with Gasteiger partial charge in [-0.3, -0.25) is 14.5 Å². The highest BCUT2D eigenvalue weighted by molar-refractivity contribution is 6.09. The van der Waals surface area contributed by atoms with Crippen LogP contribution in [-0.4, -0.2) is 35.8 Å². The van der Waals surface area contributed by atoms with Crippen LogP contribution in [0.5, 0.6) is 0 Å². The Morgan fingerprint density at radius 1 is 1.43 bits per heavy atom. The van der Waals surface area contributed by atoms with E-state index in [1.807, 2.05) is 0 Å². The van der Waals surface area contributed by atoms with Gasteiger partial charge in [0.2, 0.25) is 5.91 Å². The van der Waals surface area contributed by atoms with Gasteiger partial charge in [-0.15, -0.1) is 6.42 Å². The van der Waals surface area contributed by atoms with Crippen LogP contribution in [0, 0.1) is 24.0 Å². The van der Waals surface area contributed by atoms with Gasteiger partial charge in [0.25, 0.3) is 5.91 Å². The fourth-order valence-electron chi connectivity index (χ4n) is 2.25. The van der Waals surface area contributed by atoms with Crippen molar-refractivity contribution in [2.75, 3.05) is 13.1 Å². The van der Waals surface area contributed by atoms with Gasteiger partial charge in [0.15, 0.2) is 0 Å². The zero-order valence-corrected chi connectivity index (χ0v) is 12.2. The number of imide groups is 1. The Morgan fingerprint density at radius 2 is 2.13 bits per heavy atom. The minimum atomic E-state index is -1.80. The maximum absolute atomic E-state index is 13.9. The van der Waals surface area contributed by atoms with Crippen LogP contribution in [0.15, 0.2) is 18.2 Å². The summed E-state index contributed by atoms with van der Waals surface area (Å²) < 4.78 is 27.3. The lowest BCUT2D eigenvalue weighted by Crippen LogP contribution is -2.43. The third-order valence-electron chi connectivity index (χ3n) is 3.43. The van der Waals surface area contributed by atoms with Gasteiger partial charge in [-0.05, 0) is 25.1 Å². The maximum Gasteiger partial charge on any atom is 0.325 e. The minimum Gasteiger partial charge on any atom is -0.344 e. The van der Waals surface area contributed by atoms with Crippen molar-refractivity contribution < 1.29 is 23.2 Å². The zero-order chi connectivity index (χ0) is 17.2. The predicted molar refractivity (Wildman–Crippen MR) is 75.8 cm³/mol. The van der Waals surface area contributed by atoms with Gasteiger partial charge >= 0.3 is 6.03 Å². The molecule has 1 aromatic rings. The molecule has 0 spiro atoms. The smallest absolute Gasteiger partial charge is 0.325 e. The highest BCUT2D eigenvalue weighted by atomic mass is 19.1. The average Bonchev–Trinajstić information content (AvgIpc) is 2.72. The van der Waals surface area contributed by atoms with Crippen LogP contribution >= 0.6 is 0 Å². The van der Waals surface area contributed by atoms with Gasteiger partial charge in [0, 0.05) is 5.56 Å². The molecule has 4 amide bonds. The van der Waals surface area contributed by atoms with Crippen LogP contribution in [-0.2, 0) is 15.1 Å². The lowest BCUT2D eigenvalue weighted by molar-refractivity contribution is -0.134. The van der Waals surface area contributed by atoms with E-state index < -0.39 is 41.6 Å². The molecule has 6 nitrogen and oxygen atoms in total. The van der Waals surface area contributed by atoms with Crippen molar-refractivity contribution in [2.24, 2.45) is 0 Å². The monoisotopic (exact) mass is 321 g/mol. The molecule has 2 rings (SSSR count). The Kier molecular flexibility index (Phi) is 4.31. The number of hydrogen-bond donors (Lipinski definition) is 2. The summed E-state index contributed by atoms with van der Waals surface area (Å²) >= 11 is 0. The SMILES string of the molecule is C#CCNC(=O)CN1C(=O)NC(C)(c2cc(F)ccc2F)C1=O. The number of carbonyl (C=O) groups is 3. The summed E-state index contributed by atoms with van der Waals surface area (Å²) in [4.78, 5) is 36.6. The fraction of sp³-hybridized carbons (Fsp3) is 0.267. The number of nitrogens with one attached hydrogen (secondary N) is 2. The molecule has 0 aromatic heterocycles. The lowest BCUT2D eigenvalue weighted by Gasteiger charge is -2.22. The summed E-state index contributed by atoms with van der Waals surface area (Å²) in [5, 5.41) is 4.59. The summed E-state index contributed by atoms with van der Waals surface area (Å²) in [6, 6.07) is 1.71. The van der Waals surface area contributed by atoms with E-state index in [9.17, 15) is 23.2 Å². The Bertz CT molecular complexity index is 729. The normalized spacial score (nSPS) is 20.2. The van der Waals surface area contributed by atoms with E-state index in [4.69, 9.17) is 6.42 Å². The zero-order valence-electron chi connectivity index (χ0n) is 12.2. The molecule has 1 aromatic carbocycles. The van der Waals surface area contributed by atoms with Crippen molar-refractivity contribution >= 4 is 17.8 Å². The molecule has 1 aliphatic heterocycles. The largest absolute Gasteiger partial charge is 0.344 e. The highest BCUT2D eigenvalue weighted by Gasteiger charge is 2.50. The summed E-state index contributed by atoms with van der Waals surface area (Å²) in [5.74, 6) is -0.928. The molecule has 23 heavy (non-hydrogen) atoms. The molecule has 1 atom stereocenters. The minimum absolute atomic E-state index is 0.0573. The van der Waals surface area contributed by atoms with Gasteiger partial charge in [-0.25, -0.2) is 13.6 Å². The van der Waals surface area contributed by atoms with Crippen LogP contribution in [0.1, 0.15) is 12.5 Å². The first-order valence-corrected chi connectivity index (χ1v) is 6.59. The molecule has 0 aliphatic carbocycles. The lowest BCUT2D eigenvalue weighted by atomic mass is 9.91. The fourth-order valence-corrected chi connectivity index (χ4v) is 2.25. The Hall–Kier alpha value is -2.95. The molecule has 1 aliphatic rings. The van der Waals surface area contributed by atoms with Gasteiger partial charge in [-0.1, -0.05) is 5.92 Å².